The maximum Gasteiger partial charge on any atom is -0.0350 e. The lowest BCUT2D eigenvalue weighted by molar-refractivity contribution is 1.04. The van der Waals surface area contributed by atoms with Gasteiger partial charge in [0.25, 0.3) is 0 Å². The molecule has 2 heteroatoms. The van der Waals surface area contributed by atoms with Gasteiger partial charge in [-0.3, -0.25) is 0 Å². The van der Waals surface area contributed by atoms with Crippen molar-refractivity contribution in [2.45, 2.75) is 12.8 Å². The predicted molar refractivity (Wildman–Crippen MR) is 45.3 cm³/mol. The van der Waals surface area contributed by atoms with E-state index in [2.05, 4.69) is 0 Å². The molecule has 0 aromatic heterocycles. The first-order valence-electron chi connectivity index (χ1n) is 3.41. The molecule has 1 rings (SSSR count). The van der Waals surface area contributed by atoms with Crippen LogP contribution in [-0.2, 0) is 0 Å². The Bertz CT molecular complexity index is 30.5. The van der Waals surface area contributed by atoms with Crippen LogP contribution in [0.5, 0.6) is 0 Å². The molecule has 0 aromatic carbocycles. The number of hydrogen-bond acceptors (Lipinski definition) is 0. The first-order chi connectivity index (χ1) is 4.00. The molecule has 1 fully saturated rings. The summed E-state index contributed by atoms with van der Waals surface area (Å²) in [5, 5.41) is 0. The van der Waals surface area contributed by atoms with Crippen molar-refractivity contribution in [1.29, 1.82) is 0 Å². The van der Waals surface area contributed by atoms with Crippen LogP contribution in [0.1, 0.15) is 12.8 Å². The van der Waals surface area contributed by atoms with Gasteiger partial charge >= 0.3 is 0 Å². The van der Waals surface area contributed by atoms with E-state index in [9.17, 15) is 0 Å². The van der Waals surface area contributed by atoms with Crippen LogP contribution in [0.4, 0.5) is 0 Å². The zero-order valence-corrected chi connectivity index (χ0v) is 7.24. The summed E-state index contributed by atoms with van der Waals surface area (Å²) in [7, 11) is 2.59. The molecule has 0 N–H and O–H groups in total. The molecule has 1 aliphatic heterocycles. The van der Waals surface area contributed by atoms with E-state index in [-0.39, 0.29) is 0 Å². The summed E-state index contributed by atoms with van der Waals surface area (Å²) >= 11 is 0. The second-order valence-electron chi connectivity index (χ2n) is 2.21. The maximum absolute atomic E-state index is 1.53. The first-order valence-corrected chi connectivity index (χ1v) is 6.24. The van der Waals surface area contributed by atoms with Gasteiger partial charge in [0.05, 0.1) is 0 Å². The average Bonchev–Trinajstić information content (AvgIpc) is 1.62. The van der Waals surface area contributed by atoms with E-state index in [0.29, 0.717) is 0 Å². The molecule has 1 aliphatic rings. The van der Waals surface area contributed by atoms with E-state index >= 15 is 0 Å². The van der Waals surface area contributed by atoms with E-state index < -0.39 is 0 Å². The van der Waals surface area contributed by atoms with Crippen molar-refractivity contribution in [2.75, 3.05) is 24.6 Å². The molecule has 0 bridgehead atoms. The summed E-state index contributed by atoms with van der Waals surface area (Å²) in [4.78, 5) is 0. The fourth-order valence-corrected chi connectivity index (χ4v) is 3.84. The van der Waals surface area contributed by atoms with Crippen LogP contribution in [0.3, 0.4) is 0 Å². The first kappa shape index (κ1) is 6.97. The summed E-state index contributed by atoms with van der Waals surface area (Å²) in [6.07, 6.45) is 9.19. The molecule has 1 heterocycles. The minimum Gasteiger partial charge on any atom is -0.122 e. The zero-order chi connectivity index (χ0) is 5.66. The average molecular weight is 148 g/mol. The Hall–Kier alpha value is 0.860. The lowest BCUT2D eigenvalue weighted by Crippen LogP contribution is -1.90. The lowest BCUT2D eigenvalue weighted by Gasteiger charge is -2.06. The summed E-state index contributed by atoms with van der Waals surface area (Å²) in [5.74, 6) is 0. The van der Waals surface area contributed by atoms with Gasteiger partial charge in [0.15, 0.2) is 0 Å². The standard InChI is InChI=1S/C6H14P2/c1-3-7-5-2-6-8-4-1/h7-8H,1-6H2. The van der Waals surface area contributed by atoms with Gasteiger partial charge < -0.3 is 0 Å². The monoisotopic (exact) mass is 148 g/mol. The third-order valence-corrected chi connectivity index (χ3v) is 4.24. The molecule has 0 aliphatic carbocycles. The molecule has 1 saturated heterocycles. The maximum atomic E-state index is 1.53. The predicted octanol–water partition coefficient (Wildman–Crippen LogP) is 2.14. The Morgan fingerprint density at radius 1 is 0.625 bits per heavy atom. The smallest absolute Gasteiger partial charge is 0.0350 e. The summed E-state index contributed by atoms with van der Waals surface area (Å²) < 4.78 is 0. The molecule has 0 saturated carbocycles. The molecule has 0 atom stereocenters. The summed E-state index contributed by atoms with van der Waals surface area (Å²) in [6.45, 7) is 0. The highest BCUT2D eigenvalue weighted by atomic mass is 31.1. The third kappa shape index (κ3) is 3.00. The molecule has 48 valence electrons. The van der Waals surface area contributed by atoms with Crippen LogP contribution in [0, 0.1) is 0 Å². The van der Waals surface area contributed by atoms with Crippen molar-refractivity contribution in [3.63, 3.8) is 0 Å². The Kier molecular flexibility index (Phi) is 4.11. The molecular weight excluding hydrogens is 134 g/mol. The van der Waals surface area contributed by atoms with Gasteiger partial charge in [0, 0.05) is 0 Å². The van der Waals surface area contributed by atoms with E-state index in [0.717, 1.165) is 0 Å². The van der Waals surface area contributed by atoms with Gasteiger partial charge in [0.2, 0.25) is 0 Å². The highest BCUT2D eigenvalue weighted by Gasteiger charge is 1.95. The van der Waals surface area contributed by atoms with Crippen molar-refractivity contribution < 1.29 is 0 Å². The van der Waals surface area contributed by atoms with Crippen molar-refractivity contribution >= 4 is 17.2 Å². The normalized spacial score (nSPS) is 30.0. The van der Waals surface area contributed by atoms with Crippen molar-refractivity contribution in [1.82, 2.24) is 0 Å². The topological polar surface area (TPSA) is 0 Å². The Morgan fingerprint density at radius 2 is 1.00 bits per heavy atom. The van der Waals surface area contributed by atoms with Crippen LogP contribution in [-0.4, -0.2) is 24.6 Å². The SMILES string of the molecule is C1CPCCCPC1. The zero-order valence-electron chi connectivity index (χ0n) is 5.24. The fraction of sp³-hybridized carbons (Fsp3) is 1.00. The van der Waals surface area contributed by atoms with Crippen molar-refractivity contribution in [3.8, 4) is 0 Å². The van der Waals surface area contributed by atoms with Crippen LogP contribution < -0.4 is 0 Å². The largest absolute Gasteiger partial charge is 0.122 e. The molecule has 0 amide bonds. The Morgan fingerprint density at radius 3 is 1.38 bits per heavy atom. The molecule has 8 heavy (non-hydrogen) atoms. The quantitative estimate of drug-likeness (QED) is 0.461. The van der Waals surface area contributed by atoms with Gasteiger partial charge in [-0.2, -0.15) is 0 Å². The van der Waals surface area contributed by atoms with E-state index in [1.807, 2.05) is 0 Å². The third-order valence-electron chi connectivity index (χ3n) is 1.41. The summed E-state index contributed by atoms with van der Waals surface area (Å²) in [6, 6.07) is 0. The van der Waals surface area contributed by atoms with E-state index in [4.69, 9.17) is 0 Å². The van der Waals surface area contributed by atoms with Gasteiger partial charge in [-0.05, 0) is 37.5 Å². The Labute approximate surface area is 55.4 Å². The van der Waals surface area contributed by atoms with Crippen LogP contribution >= 0.6 is 17.2 Å². The number of rotatable bonds is 0. The molecule has 0 aromatic rings. The minimum absolute atomic E-state index is 1.29. The van der Waals surface area contributed by atoms with Gasteiger partial charge in [0.1, 0.15) is 0 Å². The minimum atomic E-state index is 1.29. The fourth-order valence-electron chi connectivity index (χ4n) is 0.927. The molecule has 0 radical (unpaired) electrons. The number of hydrogen-bond donors (Lipinski definition) is 0. The van der Waals surface area contributed by atoms with Gasteiger partial charge in [-0.1, -0.05) is 0 Å². The molecule has 0 unspecified atom stereocenters. The molecule has 0 nitrogen and oxygen atoms in total. The van der Waals surface area contributed by atoms with Gasteiger partial charge in [-0.25, -0.2) is 0 Å². The van der Waals surface area contributed by atoms with E-state index in [1.54, 1.807) is 0 Å². The second kappa shape index (κ2) is 4.71. The van der Waals surface area contributed by atoms with Crippen molar-refractivity contribution in [3.05, 3.63) is 0 Å². The molecule has 0 spiro atoms. The highest BCUT2D eigenvalue weighted by molar-refractivity contribution is 7.40. The second-order valence-corrected chi connectivity index (χ2v) is 5.21. The van der Waals surface area contributed by atoms with Crippen LogP contribution in [0.25, 0.3) is 0 Å². The molecular formula is C6H14P2. The lowest BCUT2D eigenvalue weighted by atomic mass is 10.5. The van der Waals surface area contributed by atoms with Crippen LogP contribution in [0.15, 0.2) is 0 Å². The summed E-state index contributed by atoms with van der Waals surface area (Å²) in [5.41, 5.74) is 0. The van der Waals surface area contributed by atoms with Gasteiger partial charge in [-0.15, -0.1) is 17.2 Å². The highest BCUT2D eigenvalue weighted by Crippen LogP contribution is 2.23. The van der Waals surface area contributed by atoms with Crippen molar-refractivity contribution in [2.24, 2.45) is 0 Å². The Balaban J connectivity index is 2.00. The van der Waals surface area contributed by atoms with E-state index in [1.165, 1.54) is 54.7 Å². The van der Waals surface area contributed by atoms with Crippen LogP contribution in [0.2, 0.25) is 0 Å².